The van der Waals surface area contributed by atoms with Crippen LogP contribution in [0.2, 0.25) is 0 Å². The molecule has 1 aliphatic heterocycles. The number of nitrogen functional groups attached to an aromatic ring is 1. The highest BCUT2D eigenvalue weighted by Crippen LogP contribution is 2.26. The summed E-state index contributed by atoms with van der Waals surface area (Å²) in [6.45, 7) is 1.17. The summed E-state index contributed by atoms with van der Waals surface area (Å²) in [5, 5.41) is 5.49. The number of fused-ring (bicyclic) bond motifs is 1. The zero-order valence-electron chi connectivity index (χ0n) is 12.2. The van der Waals surface area contributed by atoms with Crippen LogP contribution >= 0.6 is 11.3 Å². The van der Waals surface area contributed by atoms with Crippen molar-refractivity contribution in [1.82, 2.24) is 10.3 Å². The molecule has 1 amide bonds. The lowest BCUT2D eigenvalue weighted by atomic mass is 9.96. The number of amides is 1. The zero-order chi connectivity index (χ0) is 15.4. The molecule has 0 spiro atoms. The van der Waals surface area contributed by atoms with Gasteiger partial charge >= 0.3 is 0 Å². The molecule has 22 heavy (non-hydrogen) atoms. The largest absolute Gasteiger partial charge is 0.493 e. The first-order valence-corrected chi connectivity index (χ1v) is 8.28. The number of hydrogen-bond donors (Lipinski definition) is 2. The fraction of sp³-hybridized carbons (Fsp3) is 0.375. The van der Waals surface area contributed by atoms with Crippen molar-refractivity contribution in [3.63, 3.8) is 0 Å². The van der Waals surface area contributed by atoms with E-state index >= 15 is 0 Å². The van der Waals surface area contributed by atoms with Crippen molar-refractivity contribution in [2.45, 2.75) is 19.3 Å². The molecule has 2 heterocycles. The summed E-state index contributed by atoms with van der Waals surface area (Å²) in [6, 6.07) is 7.93. The Kier molecular flexibility index (Phi) is 4.58. The molecule has 0 saturated heterocycles. The lowest BCUT2D eigenvalue weighted by Gasteiger charge is -2.13. The van der Waals surface area contributed by atoms with Gasteiger partial charge in [0.25, 0.3) is 0 Å². The van der Waals surface area contributed by atoms with Gasteiger partial charge in [-0.2, -0.15) is 0 Å². The number of carbonyl (C=O) groups excluding carboxylic acids is 1. The summed E-state index contributed by atoms with van der Waals surface area (Å²) in [4.78, 5) is 16.5. The van der Waals surface area contributed by atoms with Gasteiger partial charge in [0.15, 0.2) is 5.13 Å². The minimum Gasteiger partial charge on any atom is -0.493 e. The van der Waals surface area contributed by atoms with Crippen LogP contribution in [-0.4, -0.2) is 24.0 Å². The molecule has 1 aromatic carbocycles. The Bertz CT molecular complexity index is 656. The minimum absolute atomic E-state index is 0.0378. The Balaban J connectivity index is 1.54. The number of aromatic nitrogens is 1. The molecule has 2 aromatic rings. The quantitative estimate of drug-likeness (QED) is 0.904. The van der Waals surface area contributed by atoms with Gasteiger partial charge in [-0.3, -0.25) is 4.79 Å². The average molecular weight is 317 g/mol. The van der Waals surface area contributed by atoms with Crippen molar-refractivity contribution in [2.24, 2.45) is 5.92 Å². The van der Waals surface area contributed by atoms with Gasteiger partial charge in [0.1, 0.15) is 5.75 Å². The second-order valence-corrected chi connectivity index (χ2v) is 6.25. The number of anilines is 1. The number of nitrogens with one attached hydrogen (secondary N) is 1. The second kappa shape index (κ2) is 6.79. The van der Waals surface area contributed by atoms with Gasteiger partial charge < -0.3 is 15.8 Å². The Morgan fingerprint density at radius 3 is 3.14 bits per heavy atom. The molecule has 3 N–H and O–H groups in total. The Labute approximate surface area is 133 Å². The van der Waals surface area contributed by atoms with E-state index in [1.165, 1.54) is 11.3 Å². The van der Waals surface area contributed by atoms with Crippen LogP contribution in [-0.2, 0) is 17.6 Å². The molecule has 0 saturated carbocycles. The van der Waals surface area contributed by atoms with E-state index in [1.807, 2.05) is 29.6 Å². The van der Waals surface area contributed by atoms with E-state index in [1.54, 1.807) is 0 Å². The second-order valence-electron chi connectivity index (χ2n) is 5.36. The Morgan fingerprint density at radius 1 is 1.45 bits per heavy atom. The summed E-state index contributed by atoms with van der Waals surface area (Å²) < 4.78 is 5.70. The fourth-order valence-corrected chi connectivity index (χ4v) is 3.21. The maximum absolute atomic E-state index is 12.3. The summed E-state index contributed by atoms with van der Waals surface area (Å²) >= 11 is 1.42. The first-order valence-electron chi connectivity index (χ1n) is 7.40. The van der Waals surface area contributed by atoms with Crippen LogP contribution < -0.4 is 15.8 Å². The van der Waals surface area contributed by atoms with Gasteiger partial charge in [-0.05, 0) is 24.5 Å². The smallest absolute Gasteiger partial charge is 0.223 e. The lowest BCUT2D eigenvalue weighted by molar-refractivity contribution is -0.125. The number of hydrogen-bond acceptors (Lipinski definition) is 5. The van der Waals surface area contributed by atoms with E-state index in [4.69, 9.17) is 10.5 Å². The molecule has 1 aliphatic rings. The van der Waals surface area contributed by atoms with E-state index in [9.17, 15) is 4.79 Å². The van der Waals surface area contributed by atoms with E-state index in [2.05, 4.69) is 10.3 Å². The van der Waals surface area contributed by atoms with Gasteiger partial charge in [0, 0.05) is 24.3 Å². The monoisotopic (exact) mass is 317 g/mol. The van der Waals surface area contributed by atoms with Crippen LogP contribution in [0.25, 0.3) is 0 Å². The maximum atomic E-state index is 12.3. The highest BCUT2D eigenvalue weighted by molar-refractivity contribution is 7.13. The molecule has 1 aromatic heterocycles. The first kappa shape index (κ1) is 14.8. The van der Waals surface area contributed by atoms with Crippen molar-refractivity contribution in [3.05, 3.63) is 40.9 Å². The van der Waals surface area contributed by atoms with Crippen LogP contribution in [0.5, 0.6) is 5.75 Å². The number of thiazole rings is 1. The number of nitrogens with zero attached hydrogens (tertiary/aromatic N) is 1. The molecule has 6 heteroatoms. The summed E-state index contributed by atoms with van der Waals surface area (Å²) in [5.41, 5.74) is 7.63. The van der Waals surface area contributed by atoms with Crippen LogP contribution in [0.15, 0.2) is 29.6 Å². The molecule has 0 radical (unpaired) electrons. The van der Waals surface area contributed by atoms with Crippen LogP contribution in [0.3, 0.4) is 0 Å². The minimum atomic E-state index is -0.0378. The normalized spacial score (nSPS) is 17.2. The molecule has 3 rings (SSSR count). The molecular weight excluding hydrogens is 298 g/mol. The SMILES string of the molecule is Nc1nc(CCNC(=O)[C@H]2CCOc3ccccc3C2)cs1. The molecule has 0 aliphatic carbocycles. The summed E-state index contributed by atoms with van der Waals surface area (Å²) in [5.74, 6) is 0.948. The number of ether oxygens (including phenoxy) is 1. The Hall–Kier alpha value is -2.08. The predicted molar refractivity (Wildman–Crippen MR) is 87.0 cm³/mol. The number of rotatable bonds is 4. The van der Waals surface area contributed by atoms with E-state index < -0.39 is 0 Å². The standard InChI is InChI=1S/C16H19N3O2S/c17-16-19-13(10-22-16)5-7-18-15(20)12-6-8-21-14-4-2-1-3-11(14)9-12/h1-4,10,12H,5-9H2,(H2,17,19)(H,18,20)/t12-/m0/s1. The third-order valence-electron chi connectivity index (χ3n) is 3.78. The van der Waals surface area contributed by atoms with Gasteiger partial charge in [0.05, 0.1) is 12.3 Å². The summed E-state index contributed by atoms with van der Waals surface area (Å²) in [6.07, 6.45) is 2.18. The molecule has 5 nitrogen and oxygen atoms in total. The van der Waals surface area contributed by atoms with Crippen molar-refractivity contribution in [1.29, 1.82) is 0 Å². The van der Waals surface area contributed by atoms with Gasteiger partial charge in [0.2, 0.25) is 5.91 Å². The molecule has 0 fully saturated rings. The summed E-state index contributed by atoms with van der Waals surface area (Å²) in [7, 11) is 0. The molecule has 0 bridgehead atoms. The van der Waals surface area contributed by atoms with Crippen LogP contribution in [0, 0.1) is 5.92 Å². The molecule has 0 unspecified atom stereocenters. The van der Waals surface area contributed by atoms with Gasteiger partial charge in [-0.25, -0.2) is 4.98 Å². The topological polar surface area (TPSA) is 77.2 Å². The average Bonchev–Trinajstić information content (AvgIpc) is 2.81. The lowest BCUT2D eigenvalue weighted by Crippen LogP contribution is -2.33. The highest BCUT2D eigenvalue weighted by Gasteiger charge is 2.23. The fourth-order valence-electron chi connectivity index (χ4n) is 2.61. The molecule has 116 valence electrons. The first-order chi connectivity index (χ1) is 10.7. The number of carbonyl (C=O) groups is 1. The third kappa shape index (κ3) is 3.57. The van der Waals surface area contributed by atoms with Crippen molar-refractivity contribution < 1.29 is 9.53 Å². The molecule has 1 atom stereocenters. The number of benzene rings is 1. The van der Waals surface area contributed by atoms with Crippen molar-refractivity contribution in [2.75, 3.05) is 18.9 Å². The molecular formula is C16H19N3O2S. The van der Waals surface area contributed by atoms with Crippen molar-refractivity contribution in [3.8, 4) is 5.75 Å². The van der Waals surface area contributed by atoms with E-state index in [0.717, 1.165) is 29.8 Å². The van der Waals surface area contributed by atoms with Crippen molar-refractivity contribution >= 4 is 22.4 Å². The maximum Gasteiger partial charge on any atom is 0.223 e. The van der Waals surface area contributed by atoms with Gasteiger partial charge in [-0.15, -0.1) is 11.3 Å². The third-order valence-corrected chi connectivity index (χ3v) is 4.51. The number of nitrogens with two attached hydrogens (primary N) is 1. The highest BCUT2D eigenvalue weighted by atomic mass is 32.1. The van der Waals surface area contributed by atoms with E-state index in [-0.39, 0.29) is 11.8 Å². The van der Waals surface area contributed by atoms with Crippen LogP contribution in [0.1, 0.15) is 17.7 Å². The zero-order valence-corrected chi connectivity index (χ0v) is 13.1. The van der Waals surface area contributed by atoms with Crippen LogP contribution in [0.4, 0.5) is 5.13 Å². The Morgan fingerprint density at radius 2 is 2.32 bits per heavy atom. The number of para-hydroxylation sites is 1. The predicted octanol–water partition coefficient (Wildman–Crippen LogP) is 2.03. The van der Waals surface area contributed by atoms with Gasteiger partial charge in [-0.1, -0.05) is 18.2 Å². The van der Waals surface area contributed by atoms with E-state index in [0.29, 0.717) is 24.7 Å².